The number of nitrogens with zero attached hydrogens (tertiary/aromatic N) is 1. The van der Waals surface area contributed by atoms with Crippen LogP contribution < -0.4 is 21.4 Å². The summed E-state index contributed by atoms with van der Waals surface area (Å²) >= 11 is 5.92. The Labute approximate surface area is 199 Å². The van der Waals surface area contributed by atoms with E-state index in [0.29, 0.717) is 22.2 Å². The summed E-state index contributed by atoms with van der Waals surface area (Å²) < 4.78 is 40.4. The third-order valence-electron chi connectivity index (χ3n) is 5.33. The molecule has 1 amide bonds. The van der Waals surface area contributed by atoms with E-state index >= 15 is 0 Å². The fraction of sp³-hybridized carbons (Fsp3) is 0.154. The van der Waals surface area contributed by atoms with Gasteiger partial charge in [-0.15, -0.1) is 0 Å². The number of allylic oxidation sites excluding steroid dienone is 1. The molecule has 0 aliphatic carbocycles. The molecule has 0 atom stereocenters. The molecule has 3 rings (SSSR count). The summed E-state index contributed by atoms with van der Waals surface area (Å²) in [5.74, 6) is -0.693. The summed E-state index contributed by atoms with van der Waals surface area (Å²) in [5.41, 5.74) is 0.804. The van der Waals surface area contributed by atoms with E-state index in [1.165, 1.54) is 16.7 Å². The topological polar surface area (TPSA) is 51.1 Å². The minimum Gasteiger partial charge on any atom is -0.322 e. The monoisotopic (exact) mass is 486 g/mol. The molecule has 8 heteroatoms. The minimum absolute atomic E-state index is 0.128. The average molecular weight is 487 g/mol. The van der Waals surface area contributed by atoms with E-state index in [4.69, 9.17) is 11.6 Å². The van der Waals surface area contributed by atoms with Crippen molar-refractivity contribution in [3.8, 4) is 11.1 Å². The lowest BCUT2D eigenvalue weighted by molar-refractivity contribution is -0.137. The van der Waals surface area contributed by atoms with Gasteiger partial charge in [0, 0.05) is 28.9 Å². The number of hydrogen-bond donors (Lipinski definition) is 1. The lowest BCUT2D eigenvalue weighted by Crippen LogP contribution is -2.42. The largest absolute Gasteiger partial charge is 0.416 e. The van der Waals surface area contributed by atoms with E-state index in [9.17, 15) is 22.8 Å². The summed E-state index contributed by atoms with van der Waals surface area (Å²) in [4.78, 5) is 25.8. The standard InChI is InChI=1S/C26H22ClF3N2O2/c1-5-17-13-22(25(34)32(4)23(17)11-16(3)27)21-14-20(10-9-15(21)2)31-24(33)18-7-6-8-19(12-18)26(28,29)30/h5-14H,3H2,1-2,4H3,(H,31,33)/b17-5-,23-11+. The van der Waals surface area contributed by atoms with Crippen molar-refractivity contribution < 1.29 is 18.0 Å². The third-order valence-corrected chi connectivity index (χ3v) is 5.44. The highest BCUT2D eigenvalue weighted by Gasteiger charge is 2.30. The van der Waals surface area contributed by atoms with Crippen LogP contribution in [-0.4, -0.2) is 10.5 Å². The number of aryl methyl sites for hydroxylation is 1. The van der Waals surface area contributed by atoms with E-state index in [1.807, 2.05) is 19.9 Å². The van der Waals surface area contributed by atoms with Gasteiger partial charge in [-0.1, -0.05) is 36.4 Å². The second kappa shape index (κ2) is 9.73. The fourth-order valence-electron chi connectivity index (χ4n) is 3.56. The smallest absolute Gasteiger partial charge is 0.322 e. The summed E-state index contributed by atoms with van der Waals surface area (Å²) in [7, 11) is 1.62. The maximum atomic E-state index is 13.1. The molecule has 1 aromatic heterocycles. The number of alkyl halides is 3. The first-order valence-electron chi connectivity index (χ1n) is 10.2. The van der Waals surface area contributed by atoms with Crippen molar-refractivity contribution >= 4 is 35.3 Å². The molecule has 0 saturated carbocycles. The van der Waals surface area contributed by atoms with Crippen LogP contribution in [0.3, 0.4) is 0 Å². The molecule has 0 radical (unpaired) electrons. The van der Waals surface area contributed by atoms with Crippen molar-refractivity contribution in [3.05, 3.63) is 97.8 Å². The summed E-state index contributed by atoms with van der Waals surface area (Å²) in [6.07, 6.45) is -1.12. The van der Waals surface area contributed by atoms with E-state index < -0.39 is 17.6 Å². The number of carbonyl (C=O) groups excluding carboxylic acids is 1. The Bertz CT molecular complexity index is 1470. The summed E-state index contributed by atoms with van der Waals surface area (Å²) in [6.45, 7) is 7.30. The molecule has 0 aliphatic heterocycles. The van der Waals surface area contributed by atoms with Gasteiger partial charge in [0.15, 0.2) is 0 Å². The van der Waals surface area contributed by atoms with Crippen molar-refractivity contribution in [1.29, 1.82) is 0 Å². The number of nitrogens with one attached hydrogen (secondary N) is 1. The molecule has 0 aliphatic rings. The van der Waals surface area contributed by atoms with Crippen LogP contribution in [0.15, 0.2) is 64.9 Å². The summed E-state index contributed by atoms with van der Waals surface area (Å²) in [6, 6.07) is 10.9. The zero-order valence-electron chi connectivity index (χ0n) is 18.8. The number of rotatable bonds is 4. The Hall–Kier alpha value is -3.58. The van der Waals surface area contributed by atoms with Gasteiger partial charge in [-0.2, -0.15) is 13.2 Å². The third kappa shape index (κ3) is 5.31. The van der Waals surface area contributed by atoms with Gasteiger partial charge in [-0.05, 0) is 72.7 Å². The van der Waals surface area contributed by atoms with Crippen molar-refractivity contribution in [2.45, 2.75) is 20.0 Å². The molecule has 176 valence electrons. The molecular weight excluding hydrogens is 465 g/mol. The molecule has 34 heavy (non-hydrogen) atoms. The molecule has 2 aromatic carbocycles. The van der Waals surface area contributed by atoms with Crippen molar-refractivity contribution in [2.75, 3.05) is 5.32 Å². The maximum Gasteiger partial charge on any atom is 0.416 e. The van der Waals surface area contributed by atoms with E-state index in [1.54, 1.807) is 37.4 Å². The van der Waals surface area contributed by atoms with Crippen molar-refractivity contribution in [2.24, 2.45) is 7.05 Å². The van der Waals surface area contributed by atoms with Crippen molar-refractivity contribution in [3.63, 3.8) is 0 Å². The van der Waals surface area contributed by atoms with Crippen LogP contribution >= 0.6 is 11.6 Å². The number of aromatic nitrogens is 1. The van der Waals surface area contributed by atoms with Gasteiger partial charge in [0.25, 0.3) is 11.5 Å². The van der Waals surface area contributed by atoms with Gasteiger partial charge in [-0.25, -0.2) is 0 Å². The number of anilines is 1. The SMILES string of the molecule is C=C(Cl)/C=c1\c(=C/C)cc(-c2cc(NC(=O)c3cccc(C(F)(F)F)c3)ccc2C)c(=O)n1C. The van der Waals surface area contributed by atoms with E-state index in [0.717, 1.165) is 22.9 Å². The average Bonchev–Trinajstić information content (AvgIpc) is 2.78. The van der Waals surface area contributed by atoms with E-state index in [2.05, 4.69) is 11.9 Å². The molecule has 1 heterocycles. The Morgan fingerprint density at radius 2 is 1.82 bits per heavy atom. The Morgan fingerprint density at radius 3 is 2.44 bits per heavy atom. The second-order valence-electron chi connectivity index (χ2n) is 7.71. The molecule has 0 spiro atoms. The zero-order valence-corrected chi connectivity index (χ0v) is 19.5. The number of pyridine rings is 1. The Morgan fingerprint density at radius 1 is 1.12 bits per heavy atom. The van der Waals surface area contributed by atoms with Crippen LogP contribution in [0.1, 0.15) is 28.4 Å². The van der Waals surface area contributed by atoms with Gasteiger partial charge < -0.3 is 9.88 Å². The first kappa shape index (κ1) is 25.1. The highest BCUT2D eigenvalue weighted by molar-refractivity contribution is 6.33. The van der Waals surface area contributed by atoms with Crippen LogP contribution in [0.4, 0.5) is 18.9 Å². The number of halogens is 4. The lowest BCUT2D eigenvalue weighted by Gasteiger charge is -2.13. The van der Waals surface area contributed by atoms with Gasteiger partial charge in [0.05, 0.1) is 10.9 Å². The molecule has 0 unspecified atom stereocenters. The van der Waals surface area contributed by atoms with Crippen LogP contribution in [0.25, 0.3) is 23.3 Å². The molecular formula is C26H22ClF3N2O2. The van der Waals surface area contributed by atoms with Crippen LogP contribution in [0.5, 0.6) is 0 Å². The normalized spacial score (nSPS) is 12.7. The highest BCUT2D eigenvalue weighted by Crippen LogP contribution is 2.30. The predicted octanol–water partition coefficient (Wildman–Crippen LogP) is 4.97. The Balaban J connectivity index is 2.06. The van der Waals surface area contributed by atoms with Crippen molar-refractivity contribution in [1.82, 2.24) is 4.57 Å². The zero-order chi connectivity index (χ0) is 25.2. The van der Waals surface area contributed by atoms with Gasteiger partial charge in [0.1, 0.15) is 0 Å². The number of amides is 1. The first-order valence-corrected chi connectivity index (χ1v) is 10.6. The Kier molecular flexibility index (Phi) is 7.17. The quantitative estimate of drug-likeness (QED) is 0.566. The molecule has 0 fully saturated rings. The molecule has 3 aromatic rings. The molecule has 4 nitrogen and oxygen atoms in total. The first-order chi connectivity index (χ1) is 15.9. The predicted molar refractivity (Wildman–Crippen MR) is 130 cm³/mol. The van der Waals surface area contributed by atoms with Crippen LogP contribution in [0, 0.1) is 6.92 Å². The molecule has 1 N–H and O–H groups in total. The van der Waals surface area contributed by atoms with Gasteiger partial charge >= 0.3 is 6.18 Å². The number of benzene rings is 2. The van der Waals surface area contributed by atoms with Gasteiger partial charge in [0.2, 0.25) is 0 Å². The second-order valence-corrected chi connectivity index (χ2v) is 8.19. The number of carbonyl (C=O) groups is 1. The minimum atomic E-state index is -4.55. The van der Waals surface area contributed by atoms with Crippen LogP contribution in [0.2, 0.25) is 0 Å². The fourth-order valence-corrected chi connectivity index (χ4v) is 3.66. The highest BCUT2D eigenvalue weighted by atomic mass is 35.5. The van der Waals surface area contributed by atoms with E-state index in [-0.39, 0.29) is 16.2 Å². The van der Waals surface area contributed by atoms with Gasteiger partial charge in [-0.3, -0.25) is 9.59 Å². The summed E-state index contributed by atoms with van der Waals surface area (Å²) in [5, 5.41) is 4.26. The molecule has 0 bridgehead atoms. The maximum absolute atomic E-state index is 13.1. The van der Waals surface area contributed by atoms with Crippen LogP contribution in [-0.2, 0) is 13.2 Å². The number of hydrogen-bond acceptors (Lipinski definition) is 2. The lowest BCUT2D eigenvalue weighted by atomic mass is 10.00. The molecule has 0 saturated heterocycles.